The zero-order valence-electron chi connectivity index (χ0n) is 7.49. The molecule has 1 N–H and O–H groups in total. The van der Waals surface area contributed by atoms with E-state index in [1.54, 1.807) is 0 Å². The summed E-state index contributed by atoms with van der Waals surface area (Å²) in [6.45, 7) is 2.23. The Morgan fingerprint density at radius 3 is 2.43 bits per heavy atom. The molecule has 1 rings (SSSR count). The normalized spacial score (nSPS) is 8.93. The third kappa shape index (κ3) is 5.27. The van der Waals surface area contributed by atoms with E-state index < -0.39 is 6.16 Å². The summed E-state index contributed by atoms with van der Waals surface area (Å²) in [6.07, 6.45) is -0.584. The molecule has 0 aliphatic heterocycles. The van der Waals surface area contributed by atoms with Crippen molar-refractivity contribution in [1.29, 1.82) is 0 Å². The summed E-state index contributed by atoms with van der Waals surface area (Å²) in [5.74, 6) is 0. The minimum atomic E-state index is -1.22. The molecular weight excluding hydrogens is 191 g/mol. The fourth-order valence-electron chi connectivity index (χ4n) is 1.01. The van der Waals surface area contributed by atoms with Gasteiger partial charge in [-0.3, -0.25) is 0 Å². The Bertz CT molecular complexity index is 282. The number of benzene rings is 1. The molecule has 0 aromatic heterocycles. The van der Waals surface area contributed by atoms with E-state index in [0.29, 0.717) is 6.42 Å². The van der Waals surface area contributed by atoms with Crippen LogP contribution in [-0.4, -0.2) is 47.4 Å². The summed E-state index contributed by atoms with van der Waals surface area (Å²) in [7, 11) is 0. The van der Waals surface area contributed by atoms with Crippen LogP contribution in [0.5, 0.6) is 0 Å². The van der Waals surface area contributed by atoms with Gasteiger partial charge in [-0.15, -0.1) is 0 Å². The van der Waals surface area contributed by atoms with Gasteiger partial charge in [0.15, 0.2) is 0 Å². The van der Waals surface area contributed by atoms with Gasteiger partial charge >= 0.3 is 35.7 Å². The Balaban J connectivity index is 0.00000169. The van der Waals surface area contributed by atoms with E-state index in [9.17, 15) is 4.79 Å². The van der Waals surface area contributed by atoms with Crippen LogP contribution in [0.4, 0.5) is 4.79 Å². The topological polar surface area (TPSA) is 46.5 Å². The summed E-state index contributed by atoms with van der Waals surface area (Å²) in [6, 6.07) is 7.94. The van der Waals surface area contributed by atoms with Crippen molar-refractivity contribution in [1.82, 2.24) is 0 Å². The molecule has 0 fully saturated rings. The third-order valence-electron chi connectivity index (χ3n) is 1.74. The Labute approximate surface area is 105 Å². The van der Waals surface area contributed by atoms with Crippen LogP contribution in [0.2, 0.25) is 0 Å². The van der Waals surface area contributed by atoms with Gasteiger partial charge in [-0.2, -0.15) is 0 Å². The molecule has 14 heavy (non-hydrogen) atoms. The van der Waals surface area contributed by atoms with Gasteiger partial charge in [-0.25, -0.2) is 4.79 Å². The van der Waals surface area contributed by atoms with Gasteiger partial charge in [-0.05, 0) is 12.5 Å². The fourth-order valence-corrected chi connectivity index (χ4v) is 1.01. The van der Waals surface area contributed by atoms with E-state index in [1.165, 1.54) is 5.56 Å². The van der Waals surface area contributed by atoms with Gasteiger partial charge < -0.3 is 9.84 Å². The summed E-state index contributed by atoms with van der Waals surface area (Å²) < 4.78 is 4.39. The Morgan fingerprint density at radius 2 is 1.93 bits per heavy atom. The van der Waals surface area contributed by atoms with Crippen molar-refractivity contribution < 1.29 is 14.6 Å². The first-order valence-electron chi connectivity index (χ1n) is 4.10. The molecule has 0 spiro atoms. The molecule has 3 nitrogen and oxygen atoms in total. The van der Waals surface area contributed by atoms with Crippen LogP contribution in [0.15, 0.2) is 24.3 Å². The maximum atomic E-state index is 10.0. The molecule has 72 valence electrons. The molecule has 1 aromatic rings. The third-order valence-corrected chi connectivity index (χ3v) is 1.74. The molecule has 0 unspecified atom stereocenters. The van der Waals surface area contributed by atoms with Crippen molar-refractivity contribution >= 4 is 35.7 Å². The first kappa shape index (κ1) is 13.5. The molecule has 0 atom stereocenters. The van der Waals surface area contributed by atoms with Crippen LogP contribution in [0.25, 0.3) is 0 Å². The molecule has 0 saturated heterocycles. The number of carboxylic acid groups (broad SMARTS) is 1. The molecule has 0 radical (unpaired) electrons. The van der Waals surface area contributed by atoms with Crippen LogP contribution < -0.4 is 0 Å². The van der Waals surface area contributed by atoms with E-state index in [1.807, 2.05) is 31.2 Å². The van der Waals surface area contributed by atoms with Crippen LogP contribution >= 0.6 is 0 Å². The summed E-state index contributed by atoms with van der Waals surface area (Å²) in [4.78, 5) is 10.0. The first-order chi connectivity index (χ1) is 6.18. The van der Waals surface area contributed by atoms with Gasteiger partial charge in [0.25, 0.3) is 0 Å². The van der Waals surface area contributed by atoms with Gasteiger partial charge in [0, 0.05) is 6.42 Å². The molecule has 0 heterocycles. The van der Waals surface area contributed by atoms with Gasteiger partial charge in [0.05, 0.1) is 6.61 Å². The van der Waals surface area contributed by atoms with E-state index in [-0.39, 0.29) is 36.2 Å². The summed E-state index contributed by atoms with van der Waals surface area (Å²) >= 11 is 0. The number of rotatable bonds is 3. The van der Waals surface area contributed by atoms with Crippen molar-refractivity contribution in [3.8, 4) is 0 Å². The Kier molecular flexibility index (Phi) is 6.62. The predicted octanol–water partition coefficient (Wildman–Crippen LogP) is 1.58. The molecule has 0 aliphatic rings. The van der Waals surface area contributed by atoms with Crippen molar-refractivity contribution in [2.75, 3.05) is 6.61 Å². The van der Waals surface area contributed by atoms with Gasteiger partial charge in [-0.1, -0.05) is 29.8 Å². The molecule has 0 bridgehead atoms. The molecule has 0 aliphatic carbocycles. The summed E-state index contributed by atoms with van der Waals surface area (Å²) in [5.41, 5.74) is 2.29. The number of hydrogen-bond acceptors (Lipinski definition) is 2. The SMILES string of the molecule is Cc1ccc(CCOC(=O)O)cc1.[NaH]. The quantitative estimate of drug-likeness (QED) is 0.600. The van der Waals surface area contributed by atoms with Crippen molar-refractivity contribution in [3.63, 3.8) is 0 Å². The van der Waals surface area contributed by atoms with E-state index in [2.05, 4.69) is 4.74 Å². The van der Waals surface area contributed by atoms with E-state index in [4.69, 9.17) is 5.11 Å². The zero-order valence-corrected chi connectivity index (χ0v) is 7.49. The molecule has 0 saturated carbocycles. The standard InChI is InChI=1S/C10H12O3.Na.H/c1-8-2-4-9(5-3-8)6-7-13-10(11)12;;/h2-5H,6-7H2,1H3,(H,11,12);;. The molecular formula is C10H13NaO3. The number of aryl methyl sites for hydroxylation is 1. The average molecular weight is 204 g/mol. The monoisotopic (exact) mass is 204 g/mol. The molecule has 4 heteroatoms. The van der Waals surface area contributed by atoms with E-state index >= 15 is 0 Å². The van der Waals surface area contributed by atoms with Crippen molar-refractivity contribution in [3.05, 3.63) is 35.4 Å². The van der Waals surface area contributed by atoms with Crippen LogP contribution in [-0.2, 0) is 11.2 Å². The molecule has 0 amide bonds. The molecule has 1 aromatic carbocycles. The predicted molar refractivity (Wildman–Crippen MR) is 56.0 cm³/mol. The second kappa shape index (κ2) is 6.87. The van der Waals surface area contributed by atoms with Crippen molar-refractivity contribution in [2.24, 2.45) is 0 Å². The number of ether oxygens (including phenoxy) is 1. The zero-order chi connectivity index (χ0) is 9.68. The van der Waals surface area contributed by atoms with Gasteiger partial charge in [0.1, 0.15) is 0 Å². The average Bonchev–Trinajstić information content (AvgIpc) is 2.08. The van der Waals surface area contributed by atoms with Crippen molar-refractivity contribution in [2.45, 2.75) is 13.3 Å². The number of carbonyl (C=O) groups is 1. The minimum absolute atomic E-state index is 0. The van der Waals surface area contributed by atoms with Crippen LogP contribution in [0.1, 0.15) is 11.1 Å². The van der Waals surface area contributed by atoms with Crippen LogP contribution in [0.3, 0.4) is 0 Å². The van der Waals surface area contributed by atoms with Gasteiger partial charge in [0.2, 0.25) is 0 Å². The van der Waals surface area contributed by atoms with Crippen LogP contribution in [0, 0.1) is 6.92 Å². The number of hydrogen-bond donors (Lipinski definition) is 1. The van der Waals surface area contributed by atoms with E-state index in [0.717, 1.165) is 5.56 Å². The Morgan fingerprint density at radius 1 is 1.36 bits per heavy atom. The maximum absolute atomic E-state index is 10.0. The fraction of sp³-hybridized carbons (Fsp3) is 0.300. The Hall–Kier alpha value is -0.510. The first-order valence-corrected chi connectivity index (χ1v) is 4.10. The second-order valence-electron chi connectivity index (χ2n) is 2.85. The summed E-state index contributed by atoms with van der Waals surface area (Å²) in [5, 5.41) is 8.21. The second-order valence-corrected chi connectivity index (χ2v) is 2.85.